The van der Waals surface area contributed by atoms with Crippen molar-refractivity contribution < 1.29 is 14.3 Å². The average Bonchev–Trinajstić information content (AvgIpc) is 2.86. The zero-order valence-electron chi connectivity index (χ0n) is 24.9. The molecule has 38 heavy (non-hydrogen) atoms. The van der Waals surface area contributed by atoms with Gasteiger partial charge in [0.1, 0.15) is 17.3 Å². The summed E-state index contributed by atoms with van der Waals surface area (Å²) in [6.45, 7) is 18.8. The molecule has 0 saturated heterocycles. The highest BCUT2D eigenvalue weighted by Gasteiger charge is 2.32. The smallest absolute Gasteiger partial charge is 0.145 e. The molecule has 3 aromatic carbocycles. The van der Waals surface area contributed by atoms with Crippen molar-refractivity contribution in [2.75, 3.05) is 6.61 Å². The van der Waals surface area contributed by atoms with Gasteiger partial charge in [-0.1, -0.05) is 111 Å². The Bertz CT molecular complexity index is 1260. The Morgan fingerprint density at radius 1 is 0.711 bits per heavy atom. The lowest BCUT2D eigenvalue weighted by atomic mass is 9.77. The number of ketones is 2. The van der Waals surface area contributed by atoms with E-state index in [1.165, 1.54) is 5.56 Å². The second-order valence-electron chi connectivity index (χ2n) is 13.0. The molecule has 0 fully saturated rings. The lowest BCUT2D eigenvalue weighted by Gasteiger charge is -2.27. The highest BCUT2D eigenvalue weighted by Crippen LogP contribution is 2.33. The van der Waals surface area contributed by atoms with E-state index in [-0.39, 0.29) is 28.8 Å². The number of benzene rings is 3. The van der Waals surface area contributed by atoms with Gasteiger partial charge in [-0.3, -0.25) is 9.59 Å². The lowest BCUT2D eigenvalue weighted by molar-refractivity contribution is -0.129. The molecule has 3 nitrogen and oxygen atoms in total. The Balaban J connectivity index is 1.61. The Labute approximate surface area is 230 Å². The molecule has 3 heteroatoms. The van der Waals surface area contributed by atoms with Crippen molar-refractivity contribution in [3.63, 3.8) is 0 Å². The molecule has 0 aliphatic rings. The summed E-state index contributed by atoms with van der Waals surface area (Å²) in [4.78, 5) is 26.1. The molecule has 3 aromatic rings. The van der Waals surface area contributed by atoms with Crippen molar-refractivity contribution in [3.05, 3.63) is 77.4 Å². The van der Waals surface area contributed by atoms with Crippen LogP contribution in [0.4, 0.5) is 0 Å². The molecule has 0 radical (unpaired) electrons. The Kier molecular flexibility index (Phi) is 9.23. The van der Waals surface area contributed by atoms with Crippen LogP contribution in [0.15, 0.2) is 60.7 Å². The lowest BCUT2D eigenvalue weighted by Crippen LogP contribution is -2.30. The van der Waals surface area contributed by atoms with E-state index in [4.69, 9.17) is 4.74 Å². The normalized spacial score (nSPS) is 13.9. The van der Waals surface area contributed by atoms with Gasteiger partial charge in [-0.2, -0.15) is 0 Å². The standard InChI is InChI=1S/C35H46O3/c1-23(2)20-26-10-12-27(13-11-26)24(3)33(37)35(8,9)18-19-38-31-17-16-29-21-28(14-15-30(29)22-31)25(4)32(36)34(5,6)7/h10-17,21-25H,18-20H2,1-9H3/t24?,25-/m1/s1. The molecule has 0 aromatic heterocycles. The van der Waals surface area contributed by atoms with Gasteiger partial charge in [0, 0.05) is 22.7 Å². The molecule has 0 bridgehead atoms. The minimum atomic E-state index is -0.489. The van der Waals surface area contributed by atoms with Gasteiger partial charge in [-0.05, 0) is 58.4 Å². The number of fused-ring (bicyclic) bond motifs is 1. The average molecular weight is 515 g/mol. The quantitative estimate of drug-likeness (QED) is 0.256. The first-order valence-electron chi connectivity index (χ1n) is 14.0. The van der Waals surface area contributed by atoms with Gasteiger partial charge in [-0.25, -0.2) is 0 Å². The minimum Gasteiger partial charge on any atom is -0.494 e. The first kappa shape index (κ1) is 29.6. The van der Waals surface area contributed by atoms with Gasteiger partial charge in [0.15, 0.2) is 0 Å². The summed E-state index contributed by atoms with van der Waals surface area (Å²) in [6.07, 6.45) is 1.70. The number of hydrogen-bond acceptors (Lipinski definition) is 3. The van der Waals surface area contributed by atoms with Crippen LogP contribution in [0.3, 0.4) is 0 Å². The van der Waals surface area contributed by atoms with Gasteiger partial charge >= 0.3 is 0 Å². The van der Waals surface area contributed by atoms with Gasteiger partial charge < -0.3 is 4.74 Å². The predicted molar refractivity (Wildman–Crippen MR) is 159 cm³/mol. The molecule has 3 rings (SSSR count). The van der Waals surface area contributed by atoms with Crippen molar-refractivity contribution in [1.82, 2.24) is 0 Å². The topological polar surface area (TPSA) is 43.4 Å². The van der Waals surface area contributed by atoms with E-state index in [1.54, 1.807) is 0 Å². The van der Waals surface area contributed by atoms with Crippen molar-refractivity contribution in [2.45, 2.75) is 87.0 Å². The van der Waals surface area contributed by atoms with E-state index in [0.29, 0.717) is 18.9 Å². The first-order valence-corrected chi connectivity index (χ1v) is 14.0. The fourth-order valence-electron chi connectivity index (χ4n) is 5.10. The number of carbonyl (C=O) groups is 2. The fourth-order valence-corrected chi connectivity index (χ4v) is 5.10. The molecule has 1 unspecified atom stereocenters. The number of carbonyl (C=O) groups excluding carboxylic acids is 2. The van der Waals surface area contributed by atoms with E-state index in [2.05, 4.69) is 50.2 Å². The molecular weight excluding hydrogens is 468 g/mol. The van der Waals surface area contributed by atoms with Crippen LogP contribution >= 0.6 is 0 Å². The molecule has 204 valence electrons. The summed E-state index contributed by atoms with van der Waals surface area (Å²) >= 11 is 0. The zero-order valence-corrected chi connectivity index (χ0v) is 24.9. The second kappa shape index (κ2) is 11.8. The predicted octanol–water partition coefficient (Wildman–Crippen LogP) is 8.92. The number of rotatable bonds is 11. The Morgan fingerprint density at radius 2 is 1.26 bits per heavy atom. The Morgan fingerprint density at radius 3 is 1.87 bits per heavy atom. The molecule has 0 aliphatic heterocycles. The summed E-state index contributed by atoms with van der Waals surface area (Å²) in [7, 11) is 0. The largest absolute Gasteiger partial charge is 0.494 e. The fraction of sp³-hybridized carbons (Fsp3) is 0.486. The molecule has 2 atom stereocenters. The van der Waals surface area contributed by atoms with Crippen molar-refractivity contribution in [2.24, 2.45) is 16.7 Å². The molecule has 0 spiro atoms. The van der Waals surface area contributed by atoms with Crippen LogP contribution < -0.4 is 4.74 Å². The van der Waals surface area contributed by atoms with Gasteiger partial charge in [0.25, 0.3) is 0 Å². The van der Waals surface area contributed by atoms with Gasteiger partial charge in [0.2, 0.25) is 0 Å². The minimum absolute atomic E-state index is 0.143. The molecule has 0 aliphatic carbocycles. The zero-order chi connectivity index (χ0) is 28.3. The molecule has 0 N–H and O–H groups in total. The number of hydrogen-bond donors (Lipinski definition) is 0. The number of ether oxygens (including phenoxy) is 1. The van der Waals surface area contributed by atoms with E-state index in [9.17, 15) is 9.59 Å². The number of Topliss-reactive ketones (excluding diaryl/α,β-unsaturated/α-hetero) is 2. The van der Waals surface area contributed by atoms with Crippen LogP contribution in [0.25, 0.3) is 10.8 Å². The monoisotopic (exact) mass is 514 g/mol. The van der Waals surface area contributed by atoms with Crippen molar-refractivity contribution in [1.29, 1.82) is 0 Å². The van der Waals surface area contributed by atoms with Crippen LogP contribution in [0, 0.1) is 16.7 Å². The maximum absolute atomic E-state index is 13.4. The third-order valence-corrected chi connectivity index (χ3v) is 7.65. The molecule has 0 heterocycles. The Hall–Kier alpha value is -2.94. The SMILES string of the molecule is CC(C)Cc1ccc(C(C)C(=O)C(C)(C)CCOc2ccc3cc([C@@H](C)C(=O)C(C)(C)C)ccc3c2)cc1. The van der Waals surface area contributed by atoms with Gasteiger partial charge in [-0.15, -0.1) is 0 Å². The van der Waals surface area contributed by atoms with Crippen LogP contribution in [0.1, 0.15) is 97.3 Å². The maximum atomic E-state index is 13.4. The third kappa shape index (κ3) is 7.34. The third-order valence-electron chi connectivity index (χ3n) is 7.65. The first-order chi connectivity index (χ1) is 17.7. The highest BCUT2D eigenvalue weighted by atomic mass is 16.5. The molecular formula is C35H46O3. The maximum Gasteiger partial charge on any atom is 0.145 e. The van der Waals surface area contributed by atoms with Crippen LogP contribution in [-0.4, -0.2) is 18.2 Å². The molecule has 0 amide bonds. The van der Waals surface area contributed by atoms with Crippen LogP contribution in [-0.2, 0) is 16.0 Å². The van der Waals surface area contributed by atoms with E-state index in [0.717, 1.165) is 34.1 Å². The molecule has 0 saturated carbocycles. The van der Waals surface area contributed by atoms with E-state index in [1.807, 2.05) is 72.7 Å². The summed E-state index contributed by atoms with van der Waals surface area (Å²) in [5.41, 5.74) is 2.57. The summed E-state index contributed by atoms with van der Waals surface area (Å²) < 4.78 is 6.09. The summed E-state index contributed by atoms with van der Waals surface area (Å²) in [6, 6.07) is 20.8. The summed E-state index contributed by atoms with van der Waals surface area (Å²) in [5, 5.41) is 2.17. The highest BCUT2D eigenvalue weighted by molar-refractivity contribution is 5.92. The second-order valence-corrected chi connectivity index (χ2v) is 13.0. The van der Waals surface area contributed by atoms with Crippen LogP contribution in [0.2, 0.25) is 0 Å². The van der Waals surface area contributed by atoms with E-state index < -0.39 is 5.41 Å². The van der Waals surface area contributed by atoms with Crippen molar-refractivity contribution >= 4 is 22.3 Å². The van der Waals surface area contributed by atoms with E-state index >= 15 is 0 Å². The van der Waals surface area contributed by atoms with Gasteiger partial charge in [0.05, 0.1) is 6.61 Å². The van der Waals surface area contributed by atoms with Crippen molar-refractivity contribution in [3.8, 4) is 5.75 Å². The van der Waals surface area contributed by atoms with Crippen LogP contribution in [0.5, 0.6) is 5.75 Å². The summed E-state index contributed by atoms with van der Waals surface area (Å²) in [5.74, 6) is 1.60.